The molecule has 0 N–H and O–H groups in total. The van der Waals surface area contributed by atoms with Crippen molar-refractivity contribution in [2.45, 2.75) is 27.7 Å². The Morgan fingerprint density at radius 1 is 1.00 bits per heavy atom. The molecule has 0 fully saturated rings. The molecule has 2 nitrogen and oxygen atoms in total. The van der Waals surface area contributed by atoms with Gasteiger partial charge in [0.2, 0.25) is 0 Å². The fraction of sp³-hybridized carbons (Fsp3) is 0.556. The summed E-state index contributed by atoms with van der Waals surface area (Å²) in [6.07, 6.45) is 0. The molecule has 0 aliphatic carbocycles. The van der Waals surface area contributed by atoms with Crippen molar-refractivity contribution in [2.75, 3.05) is 7.05 Å². The maximum Gasteiger partial charge on any atom is 0.155 e. The number of hydrogen-bond donors (Lipinski definition) is 0. The minimum Gasteiger partial charge on any atom is -0.295 e. The Labute approximate surface area is 68.0 Å². The van der Waals surface area contributed by atoms with Gasteiger partial charge in [0.25, 0.3) is 0 Å². The molecule has 0 aliphatic heterocycles. The van der Waals surface area contributed by atoms with E-state index in [4.69, 9.17) is 0 Å². The van der Waals surface area contributed by atoms with E-state index in [1.165, 1.54) is 0 Å². The molecule has 0 atom stereocenters. The molecule has 0 aromatic heterocycles. The Morgan fingerprint density at radius 3 is 1.73 bits per heavy atom. The van der Waals surface area contributed by atoms with Gasteiger partial charge in [0.15, 0.2) is 5.78 Å². The van der Waals surface area contributed by atoms with Gasteiger partial charge in [-0.2, -0.15) is 0 Å². The van der Waals surface area contributed by atoms with Crippen LogP contribution in [0.15, 0.2) is 16.1 Å². The highest BCUT2D eigenvalue weighted by atomic mass is 16.1. The van der Waals surface area contributed by atoms with Crippen LogP contribution >= 0.6 is 0 Å². The lowest BCUT2D eigenvalue weighted by Gasteiger charge is -2.02. The van der Waals surface area contributed by atoms with Crippen LogP contribution in [0.25, 0.3) is 0 Å². The van der Waals surface area contributed by atoms with E-state index < -0.39 is 0 Å². The molecule has 0 aromatic carbocycles. The van der Waals surface area contributed by atoms with E-state index in [0.717, 1.165) is 16.9 Å². The van der Waals surface area contributed by atoms with Crippen LogP contribution in [0.5, 0.6) is 0 Å². The summed E-state index contributed by atoms with van der Waals surface area (Å²) in [4.78, 5) is 14.9. The maximum atomic E-state index is 10.9. The zero-order chi connectivity index (χ0) is 9.02. The standard InChI is InChI=1S/C9H15NO/c1-6(8(3)10-5)7(2)9(4)11/h1-5H3/b7-6+,10-8?. The van der Waals surface area contributed by atoms with Crippen LogP contribution in [0.4, 0.5) is 0 Å². The summed E-state index contributed by atoms with van der Waals surface area (Å²) < 4.78 is 0. The summed E-state index contributed by atoms with van der Waals surface area (Å²) in [6, 6.07) is 0. The quantitative estimate of drug-likeness (QED) is 0.440. The van der Waals surface area contributed by atoms with E-state index >= 15 is 0 Å². The first-order valence-corrected chi connectivity index (χ1v) is 3.62. The summed E-state index contributed by atoms with van der Waals surface area (Å²) in [6.45, 7) is 7.22. The van der Waals surface area contributed by atoms with Crippen LogP contribution in [0.1, 0.15) is 27.7 Å². The van der Waals surface area contributed by atoms with Gasteiger partial charge in [-0.25, -0.2) is 0 Å². The molecular weight excluding hydrogens is 138 g/mol. The number of allylic oxidation sites excluding steroid dienone is 2. The Kier molecular flexibility index (Phi) is 3.72. The lowest BCUT2D eigenvalue weighted by atomic mass is 10.0. The predicted molar refractivity (Wildman–Crippen MR) is 48.1 cm³/mol. The molecule has 0 amide bonds. The van der Waals surface area contributed by atoms with Gasteiger partial charge in [0, 0.05) is 12.8 Å². The van der Waals surface area contributed by atoms with Crippen molar-refractivity contribution in [1.29, 1.82) is 0 Å². The molecule has 0 aromatic rings. The number of ketones is 1. The van der Waals surface area contributed by atoms with Crippen LogP contribution in [0.2, 0.25) is 0 Å². The largest absolute Gasteiger partial charge is 0.295 e. The third-order valence-corrected chi connectivity index (χ3v) is 1.97. The zero-order valence-electron chi connectivity index (χ0n) is 7.86. The molecule has 2 heteroatoms. The highest BCUT2D eigenvalue weighted by Gasteiger charge is 2.03. The topological polar surface area (TPSA) is 29.4 Å². The first-order chi connectivity index (χ1) is 5.00. The molecule has 0 unspecified atom stereocenters. The number of nitrogens with zero attached hydrogens (tertiary/aromatic N) is 1. The van der Waals surface area contributed by atoms with Crippen molar-refractivity contribution >= 4 is 11.5 Å². The van der Waals surface area contributed by atoms with Gasteiger partial charge >= 0.3 is 0 Å². The minimum atomic E-state index is 0.116. The molecule has 0 aliphatic rings. The molecule has 0 saturated heterocycles. The summed E-state index contributed by atoms with van der Waals surface area (Å²) in [5.74, 6) is 0.116. The van der Waals surface area contributed by atoms with Crippen molar-refractivity contribution < 1.29 is 4.79 Å². The van der Waals surface area contributed by atoms with Gasteiger partial charge < -0.3 is 0 Å². The summed E-state index contributed by atoms with van der Waals surface area (Å²) in [5.41, 5.74) is 2.71. The number of Topliss-reactive ketones (excluding diaryl/α,β-unsaturated/α-hetero) is 1. The third kappa shape index (κ3) is 2.66. The molecule has 62 valence electrons. The Hall–Kier alpha value is -0.920. The van der Waals surface area contributed by atoms with Crippen LogP contribution in [0.3, 0.4) is 0 Å². The van der Waals surface area contributed by atoms with Gasteiger partial charge in [-0.3, -0.25) is 9.79 Å². The summed E-state index contributed by atoms with van der Waals surface area (Å²) in [7, 11) is 1.73. The second-order valence-corrected chi connectivity index (χ2v) is 2.62. The van der Waals surface area contributed by atoms with Crippen molar-refractivity contribution in [3.05, 3.63) is 11.1 Å². The van der Waals surface area contributed by atoms with E-state index in [1.807, 2.05) is 20.8 Å². The van der Waals surface area contributed by atoms with E-state index in [0.29, 0.717) is 0 Å². The Bertz CT molecular complexity index is 224. The van der Waals surface area contributed by atoms with Gasteiger partial charge in [0.1, 0.15) is 0 Å². The van der Waals surface area contributed by atoms with Crippen LogP contribution in [-0.2, 0) is 4.79 Å². The van der Waals surface area contributed by atoms with Gasteiger partial charge in [-0.15, -0.1) is 0 Å². The second kappa shape index (κ2) is 4.06. The maximum absolute atomic E-state index is 10.9. The number of carbonyl (C=O) groups excluding carboxylic acids is 1. The molecule has 11 heavy (non-hydrogen) atoms. The Balaban J connectivity index is 4.81. The smallest absolute Gasteiger partial charge is 0.155 e. The highest BCUT2D eigenvalue weighted by Crippen LogP contribution is 2.05. The number of carbonyl (C=O) groups is 1. The fourth-order valence-electron chi connectivity index (χ4n) is 0.703. The average molecular weight is 153 g/mol. The third-order valence-electron chi connectivity index (χ3n) is 1.97. The van der Waals surface area contributed by atoms with E-state index in [2.05, 4.69) is 4.99 Å². The van der Waals surface area contributed by atoms with Gasteiger partial charge in [-0.1, -0.05) is 0 Å². The van der Waals surface area contributed by atoms with Crippen molar-refractivity contribution in [2.24, 2.45) is 4.99 Å². The molecule has 0 saturated carbocycles. The van der Waals surface area contributed by atoms with E-state index in [1.54, 1.807) is 14.0 Å². The predicted octanol–water partition coefficient (Wildman–Crippen LogP) is 2.00. The van der Waals surface area contributed by atoms with Gasteiger partial charge in [-0.05, 0) is 38.8 Å². The fourth-order valence-corrected chi connectivity index (χ4v) is 0.703. The Morgan fingerprint density at radius 2 is 1.45 bits per heavy atom. The number of aliphatic imine (C=N–C) groups is 1. The number of hydrogen-bond acceptors (Lipinski definition) is 2. The van der Waals surface area contributed by atoms with Gasteiger partial charge in [0.05, 0.1) is 0 Å². The molecule has 0 rings (SSSR count). The summed E-state index contributed by atoms with van der Waals surface area (Å²) in [5, 5.41) is 0. The molecule has 0 radical (unpaired) electrons. The zero-order valence-corrected chi connectivity index (χ0v) is 7.86. The normalized spacial score (nSPS) is 14.5. The van der Waals surface area contributed by atoms with E-state index in [9.17, 15) is 4.79 Å². The first kappa shape index (κ1) is 10.1. The van der Waals surface area contributed by atoms with Crippen LogP contribution < -0.4 is 0 Å². The van der Waals surface area contributed by atoms with Crippen LogP contribution in [0, 0.1) is 0 Å². The molecular formula is C9H15NO. The second-order valence-electron chi connectivity index (χ2n) is 2.62. The van der Waals surface area contributed by atoms with Crippen molar-refractivity contribution in [3.8, 4) is 0 Å². The SMILES string of the molecule is CN=C(C)/C(C)=C(\C)C(C)=O. The molecule has 0 spiro atoms. The van der Waals surface area contributed by atoms with Crippen LogP contribution in [-0.4, -0.2) is 18.5 Å². The monoisotopic (exact) mass is 153 g/mol. The molecule has 0 heterocycles. The van der Waals surface area contributed by atoms with Crippen molar-refractivity contribution in [3.63, 3.8) is 0 Å². The number of rotatable bonds is 2. The minimum absolute atomic E-state index is 0.116. The highest BCUT2D eigenvalue weighted by molar-refractivity contribution is 6.06. The van der Waals surface area contributed by atoms with Crippen molar-refractivity contribution in [1.82, 2.24) is 0 Å². The average Bonchev–Trinajstić information content (AvgIpc) is 2.00. The first-order valence-electron chi connectivity index (χ1n) is 3.62. The lowest BCUT2D eigenvalue weighted by Crippen LogP contribution is -2.02. The lowest BCUT2D eigenvalue weighted by molar-refractivity contribution is -0.113. The summed E-state index contributed by atoms with van der Waals surface area (Å²) >= 11 is 0. The van der Waals surface area contributed by atoms with E-state index in [-0.39, 0.29) is 5.78 Å². The molecule has 0 bridgehead atoms.